The van der Waals surface area contributed by atoms with Crippen LogP contribution in [0.25, 0.3) is 0 Å². The zero-order valence-corrected chi connectivity index (χ0v) is 12.8. The Morgan fingerprint density at radius 1 is 1.25 bits per heavy atom. The van der Waals surface area contributed by atoms with Crippen molar-refractivity contribution in [2.75, 3.05) is 6.67 Å². The zero-order chi connectivity index (χ0) is 14.5. The molecular weight excluding hydrogens is 248 g/mol. The predicted octanol–water partition coefficient (Wildman–Crippen LogP) is 2.81. The lowest BCUT2D eigenvalue weighted by atomic mass is 10.0. The maximum Gasteiger partial charge on any atom is 0.241 e. The average molecular weight is 274 g/mol. The molecule has 3 heteroatoms. The number of carbonyl (C=O) groups excluding carboxylic acids is 1. The Morgan fingerprint density at radius 3 is 2.60 bits per heavy atom. The number of hydrogen-bond acceptors (Lipinski definition) is 2. The standard InChI is InChI=1S/C17H26N2O/c1-13(2)11-14(3)19-12-18-16(17(19)20)10-9-15-7-5-4-6-8-15/h4-8,13-14,16,18H,9-12H2,1-3H3. The largest absolute Gasteiger partial charge is 0.326 e. The molecule has 3 nitrogen and oxygen atoms in total. The Hall–Kier alpha value is -1.35. The van der Waals surface area contributed by atoms with Gasteiger partial charge in [-0.25, -0.2) is 0 Å². The van der Waals surface area contributed by atoms with E-state index in [2.05, 4.69) is 50.4 Å². The zero-order valence-electron chi connectivity index (χ0n) is 12.8. The van der Waals surface area contributed by atoms with Gasteiger partial charge in [-0.15, -0.1) is 0 Å². The van der Waals surface area contributed by atoms with Crippen LogP contribution in [0.3, 0.4) is 0 Å². The van der Waals surface area contributed by atoms with E-state index in [1.54, 1.807) is 0 Å². The van der Waals surface area contributed by atoms with Gasteiger partial charge >= 0.3 is 0 Å². The van der Waals surface area contributed by atoms with Gasteiger partial charge in [-0.05, 0) is 37.7 Å². The number of benzene rings is 1. The normalized spacial score (nSPS) is 20.7. The first kappa shape index (κ1) is 15.0. The van der Waals surface area contributed by atoms with E-state index in [9.17, 15) is 4.79 Å². The van der Waals surface area contributed by atoms with E-state index in [0.717, 1.165) is 19.3 Å². The van der Waals surface area contributed by atoms with Crippen molar-refractivity contribution < 1.29 is 4.79 Å². The fraction of sp³-hybridized carbons (Fsp3) is 0.588. The van der Waals surface area contributed by atoms with Crippen molar-refractivity contribution >= 4 is 5.91 Å². The summed E-state index contributed by atoms with van der Waals surface area (Å²) in [6.07, 6.45) is 2.91. The molecule has 2 rings (SSSR count). The summed E-state index contributed by atoms with van der Waals surface area (Å²) < 4.78 is 0. The molecule has 0 radical (unpaired) electrons. The number of nitrogens with zero attached hydrogens (tertiary/aromatic N) is 1. The highest BCUT2D eigenvalue weighted by Crippen LogP contribution is 2.17. The van der Waals surface area contributed by atoms with Crippen LogP contribution in [0.15, 0.2) is 30.3 Å². The fourth-order valence-corrected chi connectivity index (χ4v) is 2.94. The van der Waals surface area contributed by atoms with Gasteiger partial charge in [0.25, 0.3) is 0 Å². The van der Waals surface area contributed by atoms with Gasteiger partial charge in [0.2, 0.25) is 5.91 Å². The van der Waals surface area contributed by atoms with Gasteiger partial charge in [0.05, 0.1) is 12.7 Å². The van der Waals surface area contributed by atoms with Gasteiger partial charge in [-0.1, -0.05) is 44.2 Å². The van der Waals surface area contributed by atoms with Gasteiger partial charge in [0.15, 0.2) is 0 Å². The second kappa shape index (κ2) is 6.89. The minimum absolute atomic E-state index is 0.00943. The summed E-state index contributed by atoms with van der Waals surface area (Å²) in [5.74, 6) is 0.898. The van der Waals surface area contributed by atoms with E-state index < -0.39 is 0 Å². The molecule has 110 valence electrons. The molecule has 1 fully saturated rings. The van der Waals surface area contributed by atoms with Gasteiger partial charge in [-0.2, -0.15) is 0 Å². The molecule has 1 aromatic carbocycles. The minimum atomic E-state index is -0.00943. The number of amides is 1. The first-order valence-corrected chi connectivity index (χ1v) is 7.65. The molecule has 0 aliphatic carbocycles. The van der Waals surface area contributed by atoms with E-state index in [1.807, 2.05) is 11.0 Å². The van der Waals surface area contributed by atoms with E-state index in [-0.39, 0.29) is 11.9 Å². The van der Waals surface area contributed by atoms with Crippen LogP contribution in [0.1, 0.15) is 39.2 Å². The van der Waals surface area contributed by atoms with Crippen molar-refractivity contribution in [3.63, 3.8) is 0 Å². The van der Waals surface area contributed by atoms with Gasteiger partial charge in [0.1, 0.15) is 0 Å². The Bertz CT molecular complexity index is 430. The van der Waals surface area contributed by atoms with Crippen LogP contribution in [0.2, 0.25) is 0 Å². The van der Waals surface area contributed by atoms with Crippen molar-refractivity contribution in [1.29, 1.82) is 0 Å². The number of rotatable bonds is 6. The maximum atomic E-state index is 12.4. The lowest BCUT2D eigenvalue weighted by Crippen LogP contribution is -2.37. The first-order valence-electron chi connectivity index (χ1n) is 7.65. The third-order valence-corrected chi connectivity index (χ3v) is 4.00. The van der Waals surface area contributed by atoms with Crippen molar-refractivity contribution in [3.8, 4) is 0 Å². The maximum absolute atomic E-state index is 12.4. The van der Waals surface area contributed by atoms with Gasteiger partial charge in [0, 0.05) is 6.04 Å². The summed E-state index contributed by atoms with van der Waals surface area (Å²) in [5.41, 5.74) is 1.30. The lowest BCUT2D eigenvalue weighted by molar-refractivity contribution is -0.130. The number of aryl methyl sites for hydroxylation is 1. The van der Waals surface area contributed by atoms with Gasteiger partial charge in [-0.3, -0.25) is 10.1 Å². The molecule has 1 saturated heterocycles. The van der Waals surface area contributed by atoms with Crippen molar-refractivity contribution in [3.05, 3.63) is 35.9 Å². The quantitative estimate of drug-likeness (QED) is 0.865. The number of nitrogens with one attached hydrogen (secondary N) is 1. The second-order valence-corrected chi connectivity index (χ2v) is 6.23. The van der Waals surface area contributed by atoms with Crippen LogP contribution in [-0.2, 0) is 11.2 Å². The van der Waals surface area contributed by atoms with Crippen LogP contribution >= 0.6 is 0 Å². The van der Waals surface area contributed by atoms with Crippen LogP contribution in [0.4, 0.5) is 0 Å². The van der Waals surface area contributed by atoms with E-state index in [0.29, 0.717) is 18.6 Å². The Morgan fingerprint density at radius 2 is 1.95 bits per heavy atom. The van der Waals surface area contributed by atoms with Crippen LogP contribution in [-0.4, -0.2) is 29.6 Å². The number of hydrogen-bond donors (Lipinski definition) is 1. The smallest absolute Gasteiger partial charge is 0.241 e. The summed E-state index contributed by atoms with van der Waals surface area (Å²) >= 11 is 0. The van der Waals surface area contributed by atoms with Gasteiger partial charge < -0.3 is 4.90 Å². The third-order valence-electron chi connectivity index (χ3n) is 4.00. The highest BCUT2D eigenvalue weighted by Gasteiger charge is 2.33. The molecule has 20 heavy (non-hydrogen) atoms. The average Bonchev–Trinajstić information content (AvgIpc) is 2.78. The number of carbonyl (C=O) groups is 1. The Balaban J connectivity index is 1.85. The molecule has 0 spiro atoms. The molecular formula is C17H26N2O. The SMILES string of the molecule is CC(C)CC(C)N1CNC(CCc2ccccc2)C1=O. The summed E-state index contributed by atoms with van der Waals surface area (Å²) in [4.78, 5) is 14.4. The molecule has 1 aliphatic heterocycles. The molecule has 0 saturated carbocycles. The van der Waals surface area contributed by atoms with E-state index in [4.69, 9.17) is 0 Å². The van der Waals surface area contributed by atoms with E-state index in [1.165, 1.54) is 5.56 Å². The molecule has 1 heterocycles. The third kappa shape index (κ3) is 3.83. The molecule has 1 N–H and O–H groups in total. The van der Waals surface area contributed by atoms with Crippen molar-refractivity contribution in [1.82, 2.24) is 10.2 Å². The topological polar surface area (TPSA) is 32.3 Å². The molecule has 1 aromatic rings. The second-order valence-electron chi connectivity index (χ2n) is 6.23. The van der Waals surface area contributed by atoms with Crippen LogP contribution in [0, 0.1) is 5.92 Å². The minimum Gasteiger partial charge on any atom is -0.326 e. The lowest BCUT2D eigenvalue weighted by Gasteiger charge is -2.25. The summed E-state index contributed by atoms with van der Waals surface area (Å²) in [7, 11) is 0. The summed E-state index contributed by atoms with van der Waals surface area (Å²) in [6.45, 7) is 7.26. The Labute approximate surface area is 122 Å². The summed E-state index contributed by atoms with van der Waals surface area (Å²) in [5, 5.41) is 3.36. The monoisotopic (exact) mass is 274 g/mol. The first-order chi connectivity index (χ1) is 9.58. The highest BCUT2D eigenvalue weighted by molar-refractivity contribution is 5.84. The van der Waals surface area contributed by atoms with Crippen molar-refractivity contribution in [2.24, 2.45) is 5.92 Å². The molecule has 0 aromatic heterocycles. The van der Waals surface area contributed by atoms with Crippen molar-refractivity contribution in [2.45, 2.75) is 52.1 Å². The fourth-order valence-electron chi connectivity index (χ4n) is 2.94. The van der Waals surface area contributed by atoms with Crippen LogP contribution in [0.5, 0.6) is 0 Å². The van der Waals surface area contributed by atoms with E-state index >= 15 is 0 Å². The molecule has 2 unspecified atom stereocenters. The Kier molecular flexibility index (Phi) is 5.18. The highest BCUT2D eigenvalue weighted by atomic mass is 16.2. The van der Waals surface area contributed by atoms with Crippen LogP contribution < -0.4 is 5.32 Å². The molecule has 1 amide bonds. The molecule has 0 bridgehead atoms. The molecule has 1 aliphatic rings. The predicted molar refractivity (Wildman–Crippen MR) is 82.3 cm³/mol. The molecule has 2 atom stereocenters. The summed E-state index contributed by atoms with van der Waals surface area (Å²) in [6, 6.07) is 10.7.